The molecule has 0 spiro atoms. The monoisotopic (exact) mass is 265 g/mol. The molecule has 4 N–H and O–H groups in total. The standard InChI is InChI=1S/C10H23N3O3S/c1-7(2)5-9(6-11)12-10(14)8(3)13-17(4,15)16/h7-9,13H,5-6,11H2,1-4H3,(H,12,14). The summed E-state index contributed by atoms with van der Waals surface area (Å²) in [4.78, 5) is 11.7. The van der Waals surface area contributed by atoms with E-state index in [1.165, 1.54) is 6.92 Å². The molecule has 2 atom stereocenters. The van der Waals surface area contributed by atoms with Crippen molar-refractivity contribution in [3.8, 4) is 0 Å². The van der Waals surface area contributed by atoms with Crippen molar-refractivity contribution in [1.82, 2.24) is 10.0 Å². The van der Waals surface area contributed by atoms with E-state index in [9.17, 15) is 13.2 Å². The van der Waals surface area contributed by atoms with E-state index in [-0.39, 0.29) is 11.9 Å². The second-order valence-electron chi connectivity index (χ2n) is 4.68. The molecule has 0 aliphatic heterocycles. The molecule has 2 unspecified atom stereocenters. The predicted octanol–water partition coefficient (Wildman–Crippen LogP) is -0.586. The topological polar surface area (TPSA) is 101 Å². The molecular weight excluding hydrogens is 242 g/mol. The van der Waals surface area contributed by atoms with Crippen LogP contribution < -0.4 is 15.8 Å². The van der Waals surface area contributed by atoms with Gasteiger partial charge in [0.15, 0.2) is 0 Å². The Hall–Kier alpha value is -0.660. The molecule has 0 heterocycles. The zero-order valence-electron chi connectivity index (χ0n) is 10.9. The third-order valence-corrected chi connectivity index (χ3v) is 2.95. The molecule has 0 bridgehead atoms. The minimum Gasteiger partial charge on any atom is -0.351 e. The van der Waals surface area contributed by atoms with E-state index in [0.717, 1.165) is 12.7 Å². The fourth-order valence-corrected chi connectivity index (χ4v) is 2.23. The van der Waals surface area contributed by atoms with E-state index in [2.05, 4.69) is 10.0 Å². The van der Waals surface area contributed by atoms with E-state index < -0.39 is 16.1 Å². The van der Waals surface area contributed by atoms with Gasteiger partial charge >= 0.3 is 0 Å². The summed E-state index contributed by atoms with van der Waals surface area (Å²) in [6.45, 7) is 5.91. The SMILES string of the molecule is CC(C)CC(CN)NC(=O)C(C)NS(C)(=O)=O. The van der Waals surface area contributed by atoms with Crippen LogP contribution in [0.2, 0.25) is 0 Å². The lowest BCUT2D eigenvalue weighted by Crippen LogP contribution is -2.50. The van der Waals surface area contributed by atoms with E-state index in [0.29, 0.717) is 12.5 Å². The van der Waals surface area contributed by atoms with Crippen LogP contribution in [0.25, 0.3) is 0 Å². The molecule has 0 rings (SSSR count). The normalized spacial score (nSPS) is 15.6. The summed E-state index contributed by atoms with van der Waals surface area (Å²) in [7, 11) is -3.38. The number of nitrogens with one attached hydrogen (secondary N) is 2. The molecule has 0 aromatic rings. The van der Waals surface area contributed by atoms with Crippen LogP contribution in [0.4, 0.5) is 0 Å². The molecule has 0 saturated carbocycles. The highest BCUT2D eigenvalue weighted by Crippen LogP contribution is 2.03. The Morgan fingerprint density at radius 2 is 1.82 bits per heavy atom. The molecule has 1 amide bonds. The number of rotatable bonds is 7. The van der Waals surface area contributed by atoms with Gasteiger partial charge in [-0.3, -0.25) is 4.79 Å². The number of amides is 1. The molecular formula is C10H23N3O3S. The first-order valence-electron chi connectivity index (χ1n) is 5.63. The fourth-order valence-electron chi connectivity index (χ4n) is 1.48. The minimum absolute atomic E-state index is 0.119. The van der Waals surface area contributed by atoms with Crippen molar-refractivity contribution in [2.45, 2.75) is 39.3 Å². The zero-order valence-corrected chi connectivity index (χ0v) is 11.7. The fraction of sp³-hybridized carbons (Fsp3) is 0.900. The van der Waals surface area contributed by atoms with Gasteiger partial charge in [0.05, 0.1) is 12.3 Å². The Kier molecular flexibility index (Phi) is 6.66. The van der Waals surface area contributed by atoms with Crippen LogP contribution in [0.5, 0.6) is 0 Å². The van der Waals surface area contributed by atoms with E-state index >= 15 is 0 Å². The van der Waals surface area contributed by atoms with Gasteiger partial charge in [0.2, 0.25) is 15.9 Å². The predicted molar refractivity (Wildman–Crippen MR) is 67.9 cm³/mol. The minimum atomic E-state index is -3.38. The maximum atomic E-state index is 11.7. The van der Waals surface area contributed by atoms with Crippen LogP contribution in [0.1, 0.15) is 27.2 Å². The molecule has 17 heavy (non-hydrogen) atoms. The summed E-state index contributed by atoms with van der Waals surface area (Å²) in [5.74, 6) is 0.0635. The Balaban J connectivity index is 4.31. The molecule has 0 aromatic heterocycles. The third kappa shape index (κ3) is 8.12. The van der Waals surface area contributed by atoms with Gasteiger partial charge in [-0.2, -0.15) is 0 Å². The van der Waals surface area contributed by atoms with Gasteiger partial charge in [-0.25, -0.2) is 13.1 Å². The summed E-state index contributed by atoms with van der Waals surface area (Å²) in [6.07, 6.45) is 1.79. The van der Waals surface area contributed by atoms with Gasteiger partial charge in [-0.05, 0) is 19.3 Å². The summed E-state index contributed by atoms with van der Waals surface area (Å²) >= 11 is 0. The average molecular weight is 265 g/mol. The van der Waals surface area contributed by atoms with Crippen LogP contribution in [-0.4, -0.2) is 39.2 Å². The van der Waals surface area contributed by atoms with Crippen LogP contribution in [0.3, 0.4) is 0 Å². The number of sulfonamides is 1. The molecule has 0 aromatic carbocycles. The highest BCUT2D eigenvalue weighted by molar-refractivity contribution is 7.88. The van der Waals surface area contributed by atoms with Crippen LogP contribution in [0.15, 0.2) is 0 Å². The largest absolute Gasteiger partial charge is 0.351 e. The molecule has 0 aliphatic rings. The van der Waals surface area contributed by atoms with E-state index in [1.54, 1.807) is 0 Å². The Labute approximate surface area is 103 Å². The van der Waals surface area contributed by atoms with Crippen LogP contribution >= 0.6 is 0 Å². The van der Waals surface area contributed by atoms with Gasteiger partial charge in [-0.15, -0.1) is 0 Å². The summed E-state index contributed by atoms with van der Waals surface area (Å²) in [6, 6.07) is -0.905. The van der Waals surface area contributed by atoms with Gasteiger partial charge in [-0.1, -0.05) is 13.8 Å². The van der Waals surface area contributed by atoms with Crippen LogP contribution in [0, 0.1) is 5.92 Å². The first-order valence-corrected chi connectivity index (χ1v) is 7.52. The maximum absolute atomic E-state index is 11.7. The quantitative estimate of drug-likeness (QED) is 0.573. The lowest BCUT2D eigenvalue weighted by molar-refractivity contribution is -0.123. The van der Waals surface area contributed by atoms with E-state index in [1.807, 2.05) is 13.8 Å². The maximum Gasteiger partial charge on any atom is 0.238 e. The lowest BCUT2D eigenvalue weighted by Gasteiger charge is -2.21. The molecule has 6 nitrogen and oxygen atoms in total. The Morgan fingerprint density at radius 1 is 1.29 bits per heavy atom. The third-order valence-electron chi connectivity index (χ3n) is 2.17. The molecule has 7 heteroatoms. The van der Waals surface area contributed by atoms with Crippen LogP contribution in [-0.2, 0) is 14.8 Å². The molecule has 0 saturated heterocycles. The van der Waals surface area contributed by atoms with E-state index in [4.69, 9.17) is 5.73 Å². The van der Waals surface area contributed by atoms with Crippen molar-refractivity contribution in [3.63, 3.8) is 0 Å². The van der Waals surface area contributed by atoms with Crippen molar-refractivity contribution in [2.24, 2.45) is 11.7 Å². The number of hydrogen-bond acceptors (Lipinski definition) is 4. The number of carbonyl (C=O) groups excluding carboxylic acids is 1. The van der Waals surface area contributed by atoms with Crippen molar-refractivity contribution in [1.29, 1.82) is 0 Å². The first kappa shape index (κ1) is 16.3. The summed E-state index contributed by atoms with van der Waals surface area (Å²) in [5.41, 5.74) is 5.54. The van der Waals surface area contributed by atoms with Gasteiger partial charge in [0.1, 0.15) is 0 Å². The second-order valence-corrected chi connectivity index (χ2v) is 6.46. The van der Waals surface area contributed by atoms with Crippen molar-refractivity contribution in [2.75, 3.05) is 12.8 Å². The molecule has 0 fully saturated rings. The average Bonchev–Trinajstić information content (AvgIpc) is 2.13. The lowest BCUT2D eigenvalue weighted by atomic mass is 10.0. The van der Waals surface area contributed by atoms with Crippen molar-refractivity contribution in [3.05, 3.63) is 0 Å². The number of carbonyl (C=O) groups is 1. The highest BCUT2D eigenvalue weighted by atomic mass is 32.2. The zero-order chi connectivity index (χ0) is 13.6. The number of nitrogens with two attached hydrogens (primary N) is 1. The van der Waals surface area contributed by atoms with Gasteiger partial charge in [0.25, 0.3) is 0 Å². The first-order chi connectivity index (χ1) is 7.65. The van der Waals surface area contributed by atoms with Crippen molar-refractivity contribution < 1.29 is 13.2 Å². The molecule has 102 valence electrons. The second kappa shape index (κ2) is 6.93. The summed E-state index contributed by atoms with van der Waals surface area (Å²) in [5, 5.41) is 2.73. The van der Waals surface area contributed by atoms with Gasteiger partial charge < -0.3 is 11.1 Å². The van der Waals surface area contributed by atoms with Crippen molar-refractivity contribution >= 4 is 15.9 Å². The Morgan fingerprint density at radius 3 is 2.18 bits per heavy atom. The Bertz CT molecular complexity index is 341. The summed E-state index contributed by atoms with van der Waals surface area (Å²) < 4.78 is 24.1. The van der Waals surface area contributed by atoms with Gasteiger partial charge in [0, 0.05) is 12.6 Å². The smallest absolute Gasteiger partial charge is 0.238 e. The molecule has 0 aliphatic carbocycles. The number of hydrogen-bond donors (Lipinski definition) is 3. The highest BCUT2D eigenvalue weighted by Gasteiger charge is 2.20. The molecule has 0 radical (unpaired) electrons.